The van der Waals surface area contributed by atoms with Crippen LogP contribution in [0, 0.1) is 6.92 Å². The van der Waals surface area contributed by atoms with Gasteiger partial charge in [0.15, 0.2) is 0 Å². The van der Waals surface area contributed by atoms with E-state index in [2.05, 4.69) is 15.1 Å². The smallest absolute Gasteiger partial charge is 0.278 e. The molecule has 2 amide bonds. The first-order valence-corrected chi connectivity index (χ1v) is 10.3. The Morgan fingerprint density at radius 1 is 1.06 bits per heavy atom. The normalized spacial score (nSPS) is 16.1. The number of nitrogens with zero attached hydrogens (tertiary/aromatic N) is 3. The SMILES string of the molecule is COc1ccc(OC)c(N2C(=O)C[C@H](c3c(C)[nH]n(-c4nc5ccccc5[nH]4)c3=O)C2=O)c1. The summed E-state index contributed by atoms with van der Waals surface area (Å²) in [6, 6.07) is 12.3. The average molecular weight is 447 g/mol. The van der Waals surface area contributed by atoms with E-state index >= 15 is 0 Å². The van der Waals surface area contributed by atoms with Crippen molar-refractivity contribution >= 4 is 28.5 Å². The van der Waals surface area contributed by atoms with Gasteiger partial charge in [-0.05, 0) is 31.2 Å². The molecule has 0 radical (unpaired) electrons. The maximum Gasteiger partial charge on any atom is 0.278 e. The number of hydrogen-bond donors (Lipinski definition) is 2. The minimum Gasteiger partial charge on any atom is -0.497 e. The van der Waals surface area contributed by atoms with E-state index in [9.17, 15) is 14.4 Å². The van der Waals surface area contributed by atoms with Gasteiger partial charge in [0.05, 0.1) is 42.4 Å². The Labute approximate surface area is 187 Å². The van der Waals surface area contributed by atoms with E-state index in [-0.39, 0.29) is 17.7 Å². The lowest BCUT2D eigenvalue weighted by molar-refractivity contribution is -0.121. The average Bonchev–Trinajstić information content (AvgIpc) is 3.46. The number of imidazole rings is 1. The Bertz CT molecular complexity index is 1430. The van der Waals surface area contributed by atoms with Crippen LogP contribution in [0.1, 0.15) is 23.6 Å². The molecule has 0 unspecified atom stereocenters. The number of benzene rings is 2. The fourth-order valence-electron chi connectivity index (χ4n) is 4.25. The van der Waals surface area contributed by atoms with Gasteiger partial charge in [-0.1, -0.05) is 12.1 Å². The van der Waals surface area contributed by atoms with Crippen LogP contribution in [0.5, 0.6) is 11.5 Å². The predicted octanol–water partition coefficient (Wildman–Crippen LogP) is 2.41. The van der Waals surface area contributed by atoms with Gasteiger partial charge in [-0.25, -0.2) is 9.88 Å². The summed E-state index contributed by atoms with van der Waals surface area (Å²) in [7, 11) is 2.95. The predicted molar refractivity (Wildman–Crippen MR) is 120 cm³/mol. The molecule has 2 aromatic heterocycles. The molecule has 0 bridgehead atoms. The fraction of sp³-hybridized carbons (Fsp3) is 0.217. The Hall–Kier alpha value is -4.34. The van der Waals surface area contributed by atoms with Crippen LogP contribution in [0.3, 0.4) is 0 Å². The van der Waals surface area contributed by atoms with E-state index in [1.807, 2.05) is 24.3 Å². The molecule has 1 atom stereocenters. The van der Waals surface area contributed by atoms with Crippen molar-refractivity contribution in [2.75, 3.05) is 19.1 Å². The highest BCUT2D eigenvalue weighted by Crippen LogP contribution is 2.39. The number of aromatic amines is 2. The summed E-state index contributed by atoms with van der Waals surface area (Å²) in [6.45, 7) is 1.70. The number of aryl methyl sites for hydroxylation is 1. The minimum atomic E-state index is -0.928. The van der Waals surface area contributed by atoms with Crippen LogP contribution in [0.2, 0.25) is 0 Å². The highest BCUT2D eigenvalue weighted by molar-refractivity contribution is 6.23. The van der Waals surface area contributed by atoms with E-state index < -0.39 is 23.3 Å². The van der Waals surface area contributed by atoms with Gasteiger partial charge >= 0.3 is 0 Å². The van der Waals surface area contributed by atoms with Gasteiger partial charge in [-0.3, -0.25) is 19.5 Å². The summed E-state index contributed by atoms with van der Waals surface area (Å²) in [6.07, 6.45) is -0.132. The number of ether oxygens (including phenoxy) is 2. The van der Waals surface area contributed by atoms with Crippen molar-refractivity contribution in [1.82, 2.24) is 19.7 Å². The van der Waals surface area contributed by atoms with E-state index in [1.54, 1.807) is 25.1 Å². The summed E-state index contributed by atoms with van der Waals surface area (Å²) in [5.41, 5.74) is 2.05. The number of methoxy groups -OCH3 is 2. The van der Waals surface area contributed by atoms with Crippen molar-refractivity contribution in [2.24, 2.45) is 0 Å². The molecule has 5 rings (SSSR count). The Morgan fingerprint density at radius 3 is 2.58 bits per heavy atom. The van der Waals surface area contributed by atoms with E-state index in [0.29, 0.717) is 28.7 Å². The molecule has 1 aliphatic rings. The van der Waals surface area contributed by atoms with Gasteiger partial charge in [0.1, 0.15) is 11.5 Å². The molecule has 1 fully saturated rings. The fourth-order valence-corrected chi connectivity index (χ4v) is 4.25. The highest BCUT2D eigenvalue weighted by atomic mass is 16.5. The third kappa shape index (κ3) is 3.18. The highest BCUT2D eigenvalue weighted by Gasteiger charge is 2.44. The second-order valence-corrected chi connectivity index (χ2v) is 7.73. The second kappa shape index (κ2) is 7.66. The van der Waals surface area contributed by atoms with Gasteiger partial charge in [0.2, 0.25) is 17.8 Å². The number of fused-ring (bicyclic) bond motifs is 1. The van der Waals surface area contributed by atoms with Crippen LogP contribution in [0.4, 0.5) is 5.69 Å². The lowest BCUT2D eigenvalue weighted by Gasteiger charge is -2.18. The Morgan fingerprint density at radius 2 is 1.85 bits per heavy atom. The summed E-state index contributed by atoms with van der Waals surface area (Å²) >= 11 is 0. The monoisotopic (exact) mass is 447 g/mol. The third-order valence-electron chi connectivity index (χ3n) is 5.83. The molecule has 0 aliphatic carbocycles. The molecule has 4 aromatic rings. The zero-order valence-corrected chi connectivity index (χ0v) is 18.2. The van der Waals surface area contributed by atoms with Crippen LogP contribution >= 0.6 is 0 Å². The molecule has 1 saturated heterocycles. The molecule has 3 heterocycles. The molecule has 33 heavy (non-hydrogen) atoms. The van der Waals surface area contributed by atoms with Crippen molar-refractivity contribution in [3.63, 3.8) is 0 Å². The van der Waals surface area contributed by atoms with Crippen molar-refractivity contribution in [1.29, 1.82) is 0 Å². The van der Waals surface area contributed by atoms with Crippen LogP contribution in [0.15, 0.2) is 47.3 Å². The lowest BCUT2D eigenvalue weighted by Crippen LogP contribution is -2.31. The van der Waals surface area contributed by atoms with Gasteiger partial charge in [0, 0.05) is 18.2 Å². The molecular weight excluding hydrogens is 426 g/mol. The van der Waals surface area contributed by atoms with Crippen molar-refractivity contribution < 1.29 is 19.1 Å². The third-order valence-corrected chi connectivity index (χ3v) is 5.83. The standard InChI is InChI=1S/C23H21N5O5/c1-12-20(22(31)28(26-12)23-24-15-6-4-5-7-16(15)25-23)14-11-19(29)27(21(14)30)17-10-13(32-2)8-9-18(17)33-3/h4-10,14,26H,11H2,1-3H3,(H,24,25)/t14-/m1/s1. The van der Waals surface area contributed by atoms with Crippen LogP contribution in [-0.2, 0) is 9.59 Å². The number of anilines is 1. The maximum atomic E-state index is 13.4. The van der Waals surface area contributed by atoms with Crippen LogP contribution < -0.4 is 19.9 Å². The quantitative estimate of drug-likeness (QED) is 0.453. The maximum absolute atomic E-state index is 13.4. The van der Waals surface area contributed by atoms with Gasteiger partial charge < -0.3 is 14.5 Å². The summed E-state index contributed by atoms with van der Waals surface area (Å²) in [5.74, 6) is -0.723. The topological polar surface area (TPSA) is 122 Å². The largest absolute Gasteiger partial charge is 0.497 e. The van der Waals surface area contributed by atoms with E-state index in [1.165, 1.54) is 18.9 Å². The number of H-pyrrole nitrogens is 2. The Kier molecular flexibility index (Phi) is 4.77. The first-order chi connectivity index (χ1) is 15.9. The van der Waals surface area contributed by atoms with Crippen molar-refractivity contribution in [3.05, 3.63) is 64.1 Å². The first-order valence-electron chi connectivity index (χ1n) is 10.3. The zero-order valence-electron chi connectivity index (χ0n) is 18.2. The summed E-state index contributed by atoms with van der Waals surface area (Å²) in [4.78, 5) is 48.2. The number of para-hydroxylation sites is 2. The van der Waals surface area contributed by atoms with Gasteiger partial charge in [0.25, 0.3) is 5.56 Å². The second-order valence-electron chi connectivity index (χ2n) is 7.73. The molecule has 2 aromatic carbocycles. The molecular formula is C23H21N5O5. The molecule has 2 N–H and O–H groups in total. The summed E-state index contributed by atoms with van der Waals surface area (Å²) in [5, 5.41) is 2.98. The summed E-state index contributed by atoms with van der Waals surface area (Å²) < 4.78 is 11.8. The number of aromatic nitrogens is 4. The number of rotatable bonds is 5. The zero-order chi connectivity index (χ0) is 23.3. The van der Waals surface area contributed by atoms with Gasteiger partial charge in [-0.2, -0.15) is 4.68 Å². The number of carbonyl (C=O) groups is 2. The number of carbonyl (C=O) groups excluding carboxylic acids is 2. The van der Waals surface area contributed by atoms with Gasteiger partial charge in [-0.15, -0.1) is 0 Å². The van der Waals surface area contributed by atoms with Crippen molar-refractivity contribution in [2.45, 2.75) is 19.3 Å². The number of hydrogen-bond acceptors (Lipinski definition) is 6. The molecule has 1 aliphatic heterocycles. The van der Waals surface area contributed by atoms with E-state index in [0.717, 1.165) is 10.4 Å². The molecule has 0 spiro atoms. The minimum absolute atomic E-state index is 0.132. The molecule has 168 valence electrons. The first kappa shape index (κ1) is 20.6. The number of imide groups is 1. The van der Waals surface area contributed by atoms with Crippen LogP contribution in [-0.4, -0.2) is 45.8 Å². The van der Waals surface area contributed by atoms with E-state index in [4.69, 9.17) is 9.47 Å². The molecule has 0 saturated carbocycles. The lowest BCUT2D eigenvalue weighted by atomic mass is 9.98. The Balaban J connectivity index is 1.56. The molecule has 10 nitrogen and oxygen atoms in total. The number of amides is 2. The van der Waals surface area contributed by atoms with Crippen LogP contribution in [0.25, 0.3) is 17.0 Å². The molecule has 10 heteroatoms. The van der Waals surface area contributed by atoms with Crippen molar-refractivity contribution in [3.8, 4) is 17.4 Å². The number of nitrogens with one attached hydrogen (secondary N) is 2.